The number of halogens is 1. The van der Waals surface area contributed by atoms with Gasteiger partial charge < -0.3 is 9.64 Å². The zero-order chi connectivity index (χ0) is 19.6. The lowest BCUT2D eigenvalue weighted by Crippen LogP contribution is -2.27. The number of carbonyl (C=O) groups is 1. The number of hydrogen-bond acceptors (Lipinski definition) is 4. The van der Waals surface area contributed by atoms with Gasteiger partial charge in [0.15, 0.2) is 12.4 Å². The largest absolute Gasteiger partial charge is 0.471 e. The SMILES string of the molecule is Cc1nn(C)c(C)c1CN(C)C(=O)c1ccn(COc2ccc(F)cc2)n1. The van der Waals surface area contributed by atoms with Gasteiger partial charge >= 0.3 is 0 Å². The fraction of sp³-hybridized carbons (Fsp3) is 0.316. The Morgan fingerprint density at radius 3 is 2.52 bits per heavy atom. The molecule has 142 valence electrons. The van der Waals surface area contributed by atoms with Crippen LogP contribution in [0, 0.1) is 19.7 Å². The van der Waals surface area contributed by atoms with E-state index in [0.29, 0.717) is 18.0 Å². The Morgan fingerprint density at radius 1 is 1.19 bits per heavy atom. The monoisotopic (exact) mass is 371 g/mol. The van der Waals surface area contributed by atoms with Gasteiger partial charge in [0.05, 0.1) is 5.69 Å². The van der Waals surface area contributed by atoms with Crippen LogP contribution in [-0.2, 0) is 20.3 Å². The second-order valence-corrected chi connectivity index (χ2v) is 6.40. The number of rotatable bonds is 6. The first-order valence-electron chi connectivity index (χ1n) is 8.51. The first-order chi connectivity index (χ1) is 12.8. The number of aromatic nitrogens is 4. The average molecular weight is 371 g/mol. The van der Waals surface area contributed by atoms with Crippen LogP contribution in [0.2, 0.25) is 0 Å². The van der Waals surface area contributed by atoms with Crippen LogP contribution in [-0.4, -0.2) is 37.4 Å². The molecule has 2 heterocycles. The fourth-order valence-electron chi connectivity index (χ4n) is 2.77. The maximum atomic E-state index is 12.9. The van der Waals surface area contributed by atoms with Crippen molar-refractivity contribution in [1.82, 2.24) is 24.5 Å². The summed E-state index contributed by atoms with van der Waals surface area (Å²) in [6.45, 7) is 4.50. The van der Waals surface area contributed by atoms with Crippen molar-refractivity contribution in [2.45, 2.75) is 27.1 Å². The van der Waals surface area contributed by atoms with Gasteiger partial charge in [-0.3, -0.25) is 9.48 Å². The lowest BCUT2D eigenvalue weighted by Gasteiger charge is -2.16. The number of nitrogens with zero attached hydrogens (tertiary/aromatic N) is 5. The highest BCUT2D eigenvalue weighted by Crippen LogP contribution is 2.15. The van der Waals surface area contributed by atoms with Crippen molar-refractivity contribution in [3.63, 3.8) is 0 Å². The van der Waals surface area contributed by atoms with Crippen LogP contribution in [0.5, 0.6) is 5.75 Å². The second kappa shape index (κ2) is 7.61. The molecule has 27 heavy (non-hydrogen) atoms. The van der Waals surface area contributed by atoms with Crippen molar-refractivity contribution in [2.75, 3.05) is 7.05 Å². The smallest absolute Gasteiger partial charge is 0.274 e. The van der Waals surface area contributed by atoms with E-state index in [9.17, 15) is 9.18 Å². The predicted octanol–water partition coefficient (Wildman–Crippen LogP) is 2.68. The lowest BCUT2D eigenvalue weighted by molar-refractivity contribution is 0.0776. The molecular weight excluding hydrogens is 349 g/mol. The zero-order valence-corrected chi connectivity index (χ0v) is 15.8. The van der Waals surface area contributed by atoms with E-state index in [1.807, 2.05) is 25.6 Å². The van der Waals surface area contributed by atoms with Gasteiger partial charge in [0, 0.05) is 38.1 Å². The van der Waals surface area contributed by atoms with E-state index in [1.54, 1.807) is 24.2 Å². The molecule has 7 nitrogen and oxygen atoms in total. The molecule has 0 bridgehead atoms. The summed E-state index contributed by atoms with van der Waals surface area (Å²) >= 11 is 0. The highest BCUT2D eigenvalue weighted by Gasteiger charge is 2.18. The van der Waals surface area contributed by atoms with Crippen molar-refractivity contribution in [1.29, 1.82) is 0 Å². The molecule has 3 aromatic rings. The molecule has 3 rings (SSSR count). The van der Waals surface area contributed by atoms with Crippen LogP contribution in [0.4, 0.5) is 4.39 Å². The van der Waals surface area contributed by atoms with Crippen LogP contribution in [0.3, 0.4) is 0 Å². The van der Waals surface area contributed by atoms with Crippen molar-refractivity contribution < 1.29 is 13.9 Å². The fourth-order valence-corrected chi connectivity index (χ4v) is 2.77. The maximum Gasteiger partial charge on any atom is 0.274 e. The van der Waals surface area contributed by atoms with E-state index in [4.69, 9.17) is 4.74 Å². The van der Waals surface area contributed by atoms with Gasteiger partial charge in [0.2, 0.25) is 0 Å². The van der Waals surface area contributed by atoms with Crippen LogP contribution in [0.25, 0.3) is 0 Å². The third-order valence-corrected chi connectivity index (χ3v) is 4.44. The Kier molecular flexibility index (Phi) is 5.25. The van der Waals surface area contributed by atoms with Crippen molar-refractivity contribution in [3.8, 4) is 5.75 Å². The van der Waals surface area contributed by atoms with E-state index in [2.05, 4.69) is 10.2 Å². The number of aryl methyl sites for hydroxylation is 2. The van der Waals surface area contributed by atoms with Crippen molar-refractivity contribution in [2.24, 2.45) is 7.05 Å². The van der Waals surface area contributed by atoms with E-state index < -0.39 is 0 Å². The summed E-state index contributed by atoms with van der Waals surface area (Å²) in [4.78, 5) is 14.3. The molecule has 0 spiro atoms. The number of amides is 1. The van der Waals surface area contributed by atoms with Crippen LogP contribution in [0.15, 0.2) is 36.5 Å². The molecule has 1 aromatic carbocycles. The molecule has 2 aromatic heterocycles. The Bertz CT molecular complexity index is 946. The standard InChI is InChI=1S/C19H22FN5O2/c1-13-17(14(2)24(4)21-13)11-23(3)19(26)18-9-10-25(22-18)12-27-16-7-5-15(20)6-8-16/h5-10H,11-12H2,1-4H3. The molecule has 0 radical (unpaired) electrons. The number of ether oxygens (including phenoxy) is 1. The van der Waals surface area contributed by atoms with E-state index >= 15 is 0 Å². The van der Waals surface area contributed by atoms with Crippen LogP contribution < -0.4 is 4.74 Å². The molecule has 0 saturated heterocycles. The maximum absolute atomic E-state index is 12.9. The Hall–Kier alpha value is -3.16. The Labute approximate surface area is 157 Å². The predicted molar refractivity (Wildman–Crippen MR) is 97.7 cm³/mol. The van der Waals surface area contributed by atoms with Gasteiger partial charge in [0.1, 0.15) is 11.6 Å². The molecule has 0 aliphatic carbocycles. The van der Waals surface area contributed by atoms with Crippen molar-refractivity contribution >= 4 is 5.91 Å². The summed E-state index contributed by atoms with van der Waals surface area (Å²) in [5.74, 6) is 0.0223. The van der Waals surface area contributed by atoms with Gasteiger partial charge in [-0.25, -0.2) is 9.07 Å². The minimum Gasteiger partial charge on any atom is -0.471 e. The molecule has 0 N–H and O–H groups in total. The van der Waals surface area contributed by atoms with Crippen molar-refractivity contribution in [3.05, 3.63) is 65.0 Å². The highest BCUT2D eigenvalue weighted by molar-refractivity contribution is 5.92. The second-order valence-electron chi connectivity index (χ2n) is 6.40. The average Bonchev–Trinajstić information content (AvgIpc) is 3.21. The van der Waals surface area contributed by atoms with E-state index in [0.717, 1.165) is 17.0 Å². The van der Waals surface area contributed by atoms with Gasteiger partial charge in [-0.15, -0.1) is 0 Å². The topological polar surface area (TPSA) is 65.2 Å². The van der Waals surface area contributed by atoms with Crippen LogP contribution >= 0.6 is 0 Å². The third-order valence-electron chi connectivity index (χ3n) is 4.44. The highest BCUT2D eigenvalue weighted by atomic mass is 19.1. The lowest BCUT2D eigenvalue weighted by atomic mass is 10.2. The third kappa shape index (κ3) is 4.16. The molecular formula is C19H22FN5O2. The molecule has 0 unspecified atom stereocenters. The van der Waals surface area contributed by atoms with Gasteiger partial charge in [-0.2, -0.15) is 10.2 Å². The minimum atomic E-state index is -0.323. The molecule has 0 aliphatic heterocycles. The molecule has 0 fully saturated rings. The number of carbonyl (C=O) groups excluding carboxylic acids is 1. The molecule has 0 saturated carbocycles. The summed E-state index contributed by atoms with van der Waals surface area (Å²) in [6, 6.07) is 7.37. The summed E-state index contributed by atoms with van der Waals surface area (Å²) < 4.78 is 21.8. The summed E-state index contributed by atoms with van der Waals surface area (Å²) in [5, 5.41) is 8.64. The molecule has 1 amide bonds. The minimum absolute atomic E-state index is 0.128. The van der Waals surface area contributed by atoms with Gasteiger partial charge in [-0.05, 0) is 44.2 Å². The summed E-state index contributed by atoms with van der Waals surface area (Å²) in [6.07, 6.45) is 1.67. The van der Waals surface area contributed by atoms with Crippen LogP contribution in [0.1, 0.15) is 27.4 Å². The Morgan fingerprint density at radius 2 is 1.89 bits per heavy atom. The van der Waals surface area contributed by atoms with E-state index in [1.165, 1.54) is 28.9 Å². The Balaban J connectivity index is 1.62. The molecule has 0 aliphatic rings. The summed E-state index contributed by atoms with van der Waals surface area (Å²) in [5.41, 5.74) is 3.31. The first-order valence-corrected chi connectivity index (χ1v) is 8.51. The number of benzene rings is 1. The normalized spacial score (nSPS) is 10.9. The molecule has 8 heteroatoms. The quantitative estimate of drug-likeness (QED) is 0.668. The first kappa shape index (κ1) is 18.6. The van der Waals surface area contributed by atoms with E-state index in [-0.39, 0.29) is 18.5 Å². The van der Waals surface area contributed by atoms with Gasteiger partial charge in [0.25, 0.3) is 5.91 Å². The molecule has 0 atom stereocenters. The number of hydrogen-bond donors (Lipinski definition) is 0. The van der Waals surface area contributed by atoms with Gasteiger partial charge in [-0.1, -0.05) is 0 Å². The zero-order valence-electron chi connectivity index (χ0n) is 15.8. The summed E-state index contributed by atoms with van der Waals surface area (Å²) in [7, 11) is 3.62.